The van der Waals surface area contributed by atoms with E-state index in [1.807, 2.05) is 6.92 Å². The summed E-state index contributed by atoms with van der Waals surface area (Å²) in [6, 6.07) is -0.750. The first kappa shape index (κ1) is 14.3. The van der Waals surface area contributed by atoms with Crippen LogP contribution in [0.2, 0.25) is 0 Å². The van der Waals surface area contributed by atoms with Gasteiger partial charge in [0.15, 0.2) is 0 Å². The average Bonchev–Trinajstić information content (AvgIpc) is 3.22. The Hall–Kier alpha value is -1.14. The van der Waals surface area contributed by atoms with Gasteiger partial charge in [-0.25, -0.2) is 0 Å². The van der Waals surface area contributed by atoms with Gasteiger partial charge in [0.25, 0.3) is 0 Å². The van der Waals surface area contributed by atoms with Gasteiger partial charge in [-0.3, -0.25) is 9.59 Å². The first-order valence-corrected chi connectivity index (χ1v) is 7.07. The van der Waals surface area contributed by atoms with Crippen LogP contribution >= 0.6 is 0 Å². The quantitative estimate of drug-likeness (QED) is 0.712. The highest BCUT2D eigenvalue weighted by Crippen LogP contribution is 2.20. The number of carbonyl (C=O) groups is 2. The number of hydrogen-bond donors (Lipinski definition) is 2. The number of ether oxygens (including phenoxy) is 1. The normalized spacial score (nSPS) is 24.9. The molecular weight excluding hydrogens is 246 g/mol. The van der Waals surface area contributed by atoms with Crippen LogP contribution in [0.3, 0.4) is 0 Å². The summed E-state index contributed by atoms with van der Waals surface area (Å²) < 4.78 is 5.33. The minimum Gasteiger partial charge on any atom is -0.377 e. The van der Waals surface area contributed by atoms with E-state index in [-0.39, 0.29) is 24.5 Å². The summed E-state index contributed by atoms with van der Waals surface area (Å²) in [5.41, 5.74) is 5.87. The number of amides is 2. The van der Waals surface area contributed by atoms with Crippen molar-refractivity contribution in [2.24, 2.45) is 5.73 Å². The van der Waals surface area contributed by atoms with Crippen molar-refractivity contribution >= 4 is 11.8 Å². The average molecular weight is 269 g/mol. The summed E-state index contributed by atoms with van der Waals surface area (Å²) in [6.07, 6.45) is 3.56. The van der Waals surface area contributed by atoms with Crippen LogP contribution in [0.1, 0.15) is 32.6 Å². The van der Waals surface area contributed by atoms with Crippen molar-refractivity contribution in [3.63, 3.8) is 0 Å². The van der Waals surface area contributed by atoms with E-state index in [1.165, 1.54) is 0 Å². The molecule has 2 rings (SSSR count). The molecule has 0 aromatic carbocycles. The Labute approximate surface area is 113 Å². The second-order valence-corrected chi connectivity index (χ2v) is 5.30. The highest BCUT2D eigenvalue weighted by Gasteiger charge is 2.36. The van der Waals surface area contributed by atoms with Crippen LogP contribution < -0.4 is 11.1 Å². The highest BCUT2D eigenvalue weighted by molar-refractivity contribution is 5.90. The molecule has 2 fully saturated rings. The van der Waals surface area contributed by atoms with Crippen molar-refractivity contribution in [2.45, 2.75) is 50.7 Å². The lowest BCUT2D eigenvalue weighted by Gasteiger charge is -2.36. The van der Waals surface area contributed by atoms with Gasteiger partial charge in [0.05, 0.1) is 19.3 Å². The molecule has 2 amide bonds. The van der Waals surface area contributed by atoms with E-state index in [0.29, 0.717) is 19.6 Å². The Morgan fingerprint density at radius 3 is 2.84 bits per heavy atom. The largest absolute Gasteiger partial charge is 0.377 e. The van der Waals surface area contributed by atoms with Gasteiger partial charge >= 0.3 is 0 Å². The SMILES string of the molecule is CCCC(N)C(=O)N1CCOCC1C(=O)NC1CC1. The molecule has 0 radical (unpaired) electrons. The van der Waals surface area contributed by atoms with Gasteiger partial charge in [0.1, 0.15) is 6.04 Å². The van der Waals surface area contributed by atoms with Gasteiger partial charge in [-0.2, -0.15) is 0 Å². The summed E-state index contributed by atoms with van der Waals surface area (Å²) in [6.45, 7) is 3.17. The summed E-state index contributed by atoms with van der Waals surface area (Å²) in [4.78, 5) is 26.0. The lowest BCUT2D eigenvalue weighted by Crippen LogP contribution is -2.59. The molecule has 1 aliphatic carbocycles. The van der Waals surface area contributed by atoms with Crippen LogP contribution in [0, 0.1) is 0 Å². The molecule has 2 atom stereocenters. The van der Waals surface area contributed by atoms with Crippen molar-refractivity contribution in [2.75, 3.05) is 19.8 Å². The molecule has 108 valence electrons. The molecular formula is C13H23N3O3. The van der Waals surface area contributed by atoms with Gasteiger partial charge in [-0.15, -0.1) is 0 Å². The maximum Gasteiger partial charge on any atom is 0.245 e. The predicted octanol–water partition coefficient (Wildman–Crippen LogP) is -0.380. The Kier molecular flexibility index (Phi) is 4.76. The van der Waals surface area contributed by atoms with Crippen molar-refractivity contribution in [3.05, 3.63) is 0 Å². The molecule has 2 unspecified atom stereocenters. The van der Waals surface area contributed by atoms with E-state index >= 15 is 0 Å². The predicted molar refractivity (Wildman–Crippen MR) is 70.4 cm³/mol. The third-order valence-corrected chi connectivity index (χ3v) is 3.55. The Morgan fingerprint density at radius 2 is 2.21 bits per heavy atom. The van der Waals surface area contributed by atoms with Gasteiger partial charge < -0.3 is 20.7 Å². The Bertz CT molecular complexity index is 344. The second-order valence-electron chi connectivity index (χ2n) is 5.30. The van der Waals surface area contributed by atoms with Gasteiger partial charge in [-0.1, -0.05) is 13.3 Å². The first-order valence-electron chi connectivity index (χ1n) is 7.07. The number of morpholine rings is 1. The molecule has 19 heavy (non-hydrogen) atoms. The molecule has 1 aliphatic heterocycles. The van der Waals surface area contributed by atoms with Crippen LogP contribution in [0.5, 0.6) is 0 Å². The van der Waals surface area contributed by atoms with E-state index in [1.54, 1.807) is 4.90 Å². The van der Waals surface area contributed by atoms with Crippen molar-refractivity contribution in [1.29, 1.82) is 0 Å². The number of nitrogens with one attached hydrogen (secondary N) is 1. The molecule has 0 spiro atoms. The van der Waals surface area contributed by atoms with Gasteiger partial charge in [-0.05, 0) is 19.3 Å². The van der Waals surface area contributed by atoms with E-state index in [2.05, 4.69) is 5.32 Å². The molecule has 3 N–H and O–H groups in total. The second kappa shape index (κ2) is 6.34. The molecule has 1 saturated heterocycles. The van der Waals surface area contributed by atoms with Gasteiger partial charge in [0.2, 0.25) is 11.8 Å². The van der Waals surface area contributed by atoms with E-state index in [4.69, 9.17) is 10.5 Å². The lowest BCUT2D eigenvalue weighted by molar-refractivity contribution is -0.149. The number of nitrogens with two attached hydrogens (primary N) is 1. The zero-order valence-electron chi connectivity index (χ0n) is 11.4. The Balaban J connectivity index is 1.97. The lowest BCUT2D eigenvalue weighted by atomic mass is 10.1. The molecule has 6 heteroatoms. The summed E-state index contributed by atoms with van der Waals surface area (Å²) in [7, 11) is 0. The van der Waals surface area contributed by atoms with E-state index in [0.717, 1.165) is 19.3 Å². The third kappa shape index (κ3) is 3.67. The zero-order valence-corrected chi connectivity index (χ0v) is 11.4. The molecule has 0 aromatic rings. The van der Waals surface area contributed by atoms with Crippen LogP contribution in [-0.2, 0) is 14.3 Å². The monoisotopic (exact) mass is 269 g/mol. The van der Waals surface area contributed by atoms with E-state index < -0.39 is 12.1 Å². The fourth-order valence-corrected chi connectivity index (χ4v) is 2.26. The summed E-state index contributed by atoms with van der Waals surface area (Å²) in [5, 5.41) is 2.93. The van der Waals surface area contributed by atoms with Crippen LogP contribution in [0.4, 0.5) is 0 Å². The molecule has 6 nitrogen and oxygen atoms in total. The fourth-order valence-electron chi connectivity index (χ4n) is 2.26. The minimum atomic E-state index is -0.523. The van der Waals surface area contributed by atoms with Crippen LogP contribution in [-0.4, -0.2) is 54.6 Å². The molecule has 0 aromatic heterocycles. The van der Waals surface area contributed by atoms with Crippen molar-refractivity contribution in [1.82, 2.24) is 10.2 Å². The number of nitrogens with zero attached hydrogens (tertiary/aromatic N) is 1. The first-order chi connectivity index (χ1) is 9.13. The van der Waals surface area contributed by atoms with Gasteiger partial charge in [0, 0.05) is 12.6 Å². The highest BCUT2D eigenvalue weighted by atomic mass is 16.5. The smallest absolute Gasteiger partial charge is 0.245 e. The van der Waals surface area contributed by atoms with E-state index in [9.17, 15) is 9.59 Å². The fraction of sp³-hybridized carbons (Fsp3) is 0.846. The molecule has 1 saturated carbocycles. The minimum absolute atomic E-state index is 0.112. The summed E-state index contributed by atoms with van der Waals surface area (Å²) >= 11 is 0. The number of hydrogen-bond acceptors (Lipinski definition) is 4. The van der Waals surface area contributed by atoms with Crippen LogP contribution in [0.15, 0.2) is 0 Å². The maximum absolute atomic E-state index is 12.3. The zero-order chi connectivity index (χ0) is 13.8. The van der Waals surface area contributed by atoms with Crippen molar-refractivity contribution < 1.29 is 14.3 Å². The topological polar surface area (TPSA) is 84.7 Å². The molecule has 1 heterocycles. The van der Waals surface area contributed by atoms with Crippen LogP contribution in [0.25, 0.3) is 0 Å². The number of rotatable bonds is 5. The standard InChI is InChI=1S/C13H23N3O3/c1-2-3-10(14)13(18)16-6-7-19-8-11(16)12(17)15-9-4-5-9/h9-11H,2-8,14H2,1H3,(H,15,17). The third-order valence-electron chi connectivity index (χ3n) is 3.55. The molecule has 0 bridgehead atoms. The number of carbonyl (C=O) groups excluding carboxylic acids is 2. The molecule has 2 aliphatic rings. The van der Waals surface area contributed by atoms with Crippen molar-refractivity contribution in [3.8, 4) is 0 Å². The Morgan fingerprint density at radius 1 is 1.47 bits per heavy atom. The summed E-state index contributed by atoms with van der Waals surface area (Å²) in [5.74, 6) is -0.250. The maximum atomic E-state index is 12.3.